The average Bonchev–Trinajstić information content (AvgIpc) is 2.77. The van der Waals surface area contributed by atoms with Crippen LogP contribution < -0.4 is 0 Å². The molecule has 0 amide bonds. The van der Waals surface area contributed by atoms with E-state index >= 15 is 0 Å². The smallest absolute Gasteiger partial charge is 0.333 e. The highest BCUT2D eigenvalue weighted by Crippen LogP contribution is 2.44. The summed E-state index contributed by atoms with van der Waals surface area (Å²) >= 11 is 0. The van der Waals surface area contributed by atoms with Crippen LogP contribution in [0.5, 0.6) is 0 Å². The summed E-state index contributed by atoms with van der Waals surface area (Å²) in [5.74, 6) is -0.943. The molecule has 1 N–H and O–H groups in total. The normalized spacial score (nSPS) is 36.7. The summed E-state index contributed by atoms with van der Waals surface area (Å²) in [6.45, 7) is 0. The van der Waals surface area contributed by atoms with Crippen LogP contribution in [0.25, 0.3) is 0 Å². The Hall–Kier alpha value is -0.910. The largest absolute Gasteiger partial charge is 0.466 e. The van der Waals surface area contributed by atoms with Crippen LogP contribution in [0.1, 0.15) is 38.5 Å². The molecule has 3 aliphatic rings. The number of aliphatic hydroxyl groups is 1. The number of aliphatic hydroxyl groups excluding tert-OH is 1. The van der Waals surface area contributed by atoms with Crippen molar-refractivity contribution in [1.29, 1.82) is 0 Å². The summed E-state index contributed by atoms with van der Waals surface area (Å²) in [6, 6.07) is 0. The molecular weight excluding hydrogens is 248 g/mol. The molecule has 0 aromatic carbocycles. The Bertz CT molecular complexity index is 397. The van der Waals surface area contributed by atoms with Gasteiger partial charge in [-0.15, -0.1) is 0 Å². The van der Waals surface area contributed by atoms with E-state index in [9.17, 15) is 9.90 Å². The van der Waals surface area contributed by atoms with Gasteiger partial charge in [-0.2, -0.15) is 0 Å². The van der Waals surface area contributed by atoms with Gasteiger partial charge in [0.2, 0.25) is 0 Å². The maximum Gasteiger partial charge on any atom is 0.333 e. The van der Waals surface area contributed by atoms with Crippen molar-refractivity contribution < 1.29 is 24.1 Å². The predicted octanol–water partition coefficient (Wildman–Crippen LogP) is 1.29. The van der Waals surface area contributed by atoms with Crippen LogP contribution in [0, 0.1) is 0 Å². The SMILES string of the molecule is COC(=O)C1=C[C@@H]2OC3(CCCCC3)O[C@@H]2[C@H](O)C1. The van der Waals surface area contributed by atoms with Gasteiger partial charge in [-0.25, -0.2) is 4.79 Å². The Kier molecular flexibility index (Phi) is 3.37. The Morgan fingerprint density at radius 1 is 1.37 bits per heavy atom. The van der Waals surface area contributed by atoms with E-state index in [0.717, 1.165) is 25.7 Å². The maximum absolute atomic E-state index is 11.6. The van der Waals surface area contributed by atoms with E-state index < -0.39 is 17.9 Å². The zero-order valence-electron chi connectivity index (χ0n) is 11.1. The van der Waals surface area contributed by atoms with E-state index in [4.69, 9.17) is 14.2 Å². The first-order valence-corrected chi connectivity index (χ1v) is 6.96. The van der Waals surface area contributed by atoms with E-state index in [1.54, 1.807) is 6.08 Å². The van der Waals surface area contributed by atoms with Crippen LogP contribution in [0.15, 0.2) is 11.6 Å². The van der Waals surface area contributed by atoms with E-state index in [0.29, 0.717) is 5.57 Å². The third-order valence-corrected chi connectivity index (χ3v) is 4.26. The van der Waals surface area contributed by atoms with Gasteiger partial charge in [0.15, 0.2) is 5.79 Å². The summed E-state index contributed by atoms with van der Waals surface area (Å²) in [5, 5.41) is 10.2. The summed E-state index contributed by atoms with van der Waals surface area (Å²) in [7, 11) is 1.34. The summed E-state index contributed by atoms with van der Waals surface area (Å²) < 4.78 is 16.7. The van der Waals surface area contributed by atoms with E-state index in [-0.39, 0.29) is 18.6 Å². The fourth-order valence-electron chi connectivity index (χ4n) is 3.30. The standard InChI is InChI=1S/C14H20O5/c1-17-13(16)9-7-10(15)12-11(8-9)18-14(19-12)5-3-2-4-6-14/h8,10-12,15H,2-7H2,1H3/t10-,11+,12-/m1/s1. The quantitative estimate of drug-likeness (QED) is 0.726. The van der Waals surface area contributed by atoms with Crippen molar-refractivity contribution in [3.63, 3.8) is 0 Å². The molecule has 1 saturated carbocycles. The van der Waals surface area contributed by atoms with Crippen molar-refractivity contribution in [3.8, 4) is 0 Å². The number of ether oxygens (including phenoxy) is 3. The second-order valence-corrected chi connectivity index (χ2v) is 5.59. The summed E-state index contributed by atoms with van der Waals surface area (Å²) in [5.41, 5.74) is 0.479. The van der Waals surface area contributed by atoms with Gasteiger partial charge in [0.05, 0.1) is 13.2 Å². The third kappa shape index (κ3) is 2.30. The summed E-state index contributed by atoms with van der Waals surface area (Å²) in [6.07, 6.45) is 5.75. The first-order chi connectivity index (χ1) is 9.13. The minimum absolute atomic E-state index is 0.271. The van der Waals surface area contributed by atoms with E-state index in [2.05, 4.69) is 0 Å². The number of fused-ring (bicyclic) bond motifs is 1. The number of esters is 1. The van der Waals surface area contributed by atoms with Gasteiger partial charge in [0, 0.05) is 24.8 Å². The number of carbonyl (C=O) groups is 1. The molecule has 19 heavy (non-hydrogen) atoms. The molecule has 1 aliphatic heterocycles. The highest BCUT2D eigenvalue weighted by atomic mass is 16.8. The molecule has 0 aromatic heterocycles. The zero-order valence-corrected chi connectivity index (χ0v) is 11.1. The fourth-order valence-corrected chi connectivity index (χ4v) is 3.30. The predicted molar refractivity (Wildman–Crippen MR) is 66.3 cm³/mol. The molecule has 3 atom stereocenters. The molecule has 106 valence electrons. The lowest BCUT2D eigenvalue weighted by atomic mass is 9.92. The minimum atomic E-state index is -0.703. The number of methoxy groups -OCH3 is 1. The van der Waals surface area contributed by atoms with Crippen LogP contribution in [0.4, 0.5) is 0 Å². The Labute approximate surface area is 112 Å². The third-order valence-electron chi connectivity index (χ3n) is 4.26. The molecule has 2 fully saturated rings. The van der Waals surface area contributed by atoms with Crippen LogP contribution in [-0.4, -0.2) is 42.3 Å². The van der Waals surface area contributed by atoms with Crippen molar-refractivity contribution in [2.24, 2.45) is 0 Å². The van der Waals surface area contributed by atoms with Gasteiger partial charge in [-0.05, 0) is 18.9 Å². The molecule has 5 nitrogen and oxygen atoms in total. The van der Waals surface area contributed by atoms with Gasteiger partial charge in [0.25, 0.3) is 0 Å². The maximum atomic E-state index is 11.6. The van der Waals surface area contributed by atoms with Gasteiger partial charge in [0.1, 0.15) is 12.2 Å². The second kappa shape index (κ2) is 4.89. The lowest BCUT2D eigenvalue weighted by molar-refractivity contribution is -0.197. The van der Waals surface area contributed by atoms with Crippen LogP contribution in [0.2, 0.25) is 0 Å². The summed E-state index contributed by atoms with van der Waals surface area (Å²) in [4.78, 5) is 11.6. The average molecular weight is 268 g/mol. The first-order valence-electron chi connectivity index (χ1n) is 6.96. The lowest BCUT2D eigenvalue weighted by Crippen LogP contribution is -2.39. The van der Waals surface area contributed by atoms with Gasteiger partial charge < -0.3 is 19.3 Å². The van der Waals surface area contributed by atoms with Crippen LogP contribution in [0.3, 0.4) is 0 Å². The van der Waals surface area contributed by atoms with Gasteiger partial charge >= 0.3 is 5.97 Å². The molecule has 0 bridgehead atoms. The van der Waals surface area contributed by atoms with Crippen molar-refractivity contribution >= 4 is 5.97 Å². The Morgan fingerprint density at radius 2 is 2.11 bits per heavy atom. The van der Waals surface area contributed by atoms with Crippen molar-refractivity contribution in [2.75, 3.05) is 7.11 Å². The van der Waals surface area contributed by atoms with Crippen molar-refractivity contribution in [2.45, 2.75) is 62.6 Å². The highest BCUT2D eigenvalue weighted by molar-refractivity contribution is 5.88. The van der Waals surface area contributed by atoms with E-state index in [1.807, 2.05) is 0 Å². The molecule has 0 unspecified atom stereocenters. The number of carbonyl (C=O) groups excluding carboxylic acids is 1. The molecule has 1 heterocycles. The molecule has 5 heteroatoms. The van der Waals surface area contributed by atoms with Gasteiger partial charge in [-0.1, -0.05) is 6.42 Å². The van der Waals surface area contributed by atoms with Crippen molar-refractivity contribution in [3.05, 3.63) is 11.6 Å². The molecule has 1 spiro atoms. The van der Waals surface area contributed by atoms with Crippen LogP contribution >= 0.6 is 0 Å². The monoisotopic (exact) mass is 268 g/mol. The number of hydrogen-bond acceptors (Lipinski definition) is 5. The Balaban J connectivity index is 1.80. The molecule has 1 saturated heterocycles. The molecule has 3 rings (SSSR count). The number of hydrogen-bond donors (Lipinski definition) is 1. The molecule has 0 aromatic rings. The zero-order chi connectivity index (χ0) is 13.5. The van der Waals surface area contributed by atoms with E-state index in [1.165, 1.54) is 13.5 Å². The number of rotatable bonds is 1. The first kappa shape index (κ1) is 13.1. The highest BCUT2D eigenvalue weighted by Gasteiger charge is 2.51. The van der Waals surface area contributed by atoms with Gasteiger partial charge in [-0.3, -0.25) is 0 Å². The topological polar surface area (TPSA) is 65.0 Å². The molecular formula is C14H20O5. The Morgan fingerprint density at radius 3 is 2.79 bits per heavy atom. The molecule has 0 radical (unpaired) electrons. The second-order valence-electron chi connectivity index (χ2n) is 5.59. The fraction of sp³-hybridized carbons (Fsp3) is 0.786. The minimum Gasteiger partial charge on any atom is -0.466 e. The molecule has 2 aliphatic carbocycles. The lowest BCUT2D eigenvalue weighted by Gasteiger charge is -2.32. The van der Waals surface area contributed by atoms with Crippen LogP contribution in [-0.2, 0) is 19.0 Å². The van der Waals surface area contributed by atoms with Crippen molar-refractivity contribution in [1.82, 2.24) is 0 Å².